The molecule has 11 atom stereocenters. The molecule has 0 heterocycles. The van der Waals surface area contributed by atoms with E-state index < -0.39 is 21.6 Å². The standard InChI is InChI=1S/C30H48O9S/c1-17(8-11-27(33)36-6)22-9-10-23-28-24(16-26(30(22,23)5)39-40(7,34)35)29(4)13-12-21(37-18(2)31)14-20(29)15-25(28)38-19(3)32/h17,20-26,28H,8-16H2,1-7H3/t17-,20+,21-,22-,23+,24+,25-,26+,28+,29+,30-/m1/s1. The highest BCUT2D eigenvalue weighted by atomic mass is 32.2. The van der Waals surface area contributed by atoms with E-state index in [1.54, 1.807) is 0 Å². The molecule has 4 saturated carbocycles. The Labute approximate surface area is 239 Å². The first-order valence-electron chi connectivity index (χ1n) is 14.9. The van der Waals surface area contributed by atoms with E-state index in [0.717, 1.165) is 31.9 Å². The molecule has 40 heavy (non-hydrogen) atoms. The minimum Gasteiger partial charge on any atom is -0.469 e. The monoisotopic (exact) mass is 584 g/mol. The maximum absolute atomic E-state index is 12.6. The van der Waals surface area contributed by atoms with Crippen LogP contribution in [0.4, 0.5) is 0 Å². The number of esters is 3. The Hall–Kier alpha value is -1.68. The van der Waals surface area contributed by atoms with Crippen LogP contribution >= 0.6 is 0 Å². The normalized spacial score (nSPS) is 41.6. The maximum atomic E-state index is 12.6. The van der Waals surface area contributed by atoms with Crippen LogP contribution in [0, 0.1) is 46.3 Å². The van der Waals surface area contributed by atoms with Gasteiger partial charge in [0.05, 0.1) is 19.5 Å². The van der Waals surface area contributed by atoms with Crippen LogP contribution in [0.3, 0.4) is 0 Å². The summed E-state index contributed by atoms with van der Waals surface area (Å²) < 4.78 is 47.8. The molecular weight excluding hydrogens is 536 g/mol. The molecule has 0 radical (unpaired) electrons. The third kappa shape index (κ3) is 5.94. The lowest BCUT2D eigenvalue weighted by Crippen LogP contribution is -2.63. The fraction of sp³-hybridized carbons (Fsp3) is 0.900. The van der Waals surface area contributed by atoms with Crippen LogP contribution < -0.4 is 0 Å². The predicted octanol–water partition coefficient (Wildman–Crippen LogP) is 4.66. The molecule has 0 unspecified atom stereocenters. The van der Waals surface area contributed by atoms with Gasteiger partial charge in [0.25, 0.3) is 10.1 Å². The van der Waals surface area contributed by atoms with Crippen LogP contribution in [0.15, 0.2) is 0 Å². The fourth-order valence-corrected chi connectivity index (χ4v) is 10.5. The van der Waals surface area contributed by atoms with E-state index in [9.17, 15) is 22.8 Å². The predicted molar refractivity (Wildman–Crippen MR) is 147 cm³/mol. The van der Waals surface area contributed by atoms with Gasteiger partial charge in [-0.2, -0.15) is 8.42 Å². The molecule has 0 aliphatic heterocycles. The van der Waals surface area contributed by atoms with E-state index in [0.29, 0.717) is 32.1 Å². The van der Waals surface area contributed by atoms with Crippen molar-refractivity contribution in [1.82, 2.24) is 0 Å². The van der Waals surface area contributed by atoms with Crippen LogP contribution in [-0.2, 0) is 42.9 Å². The number of rotatable bonds is 8. The van der Waals surface area contributed by atoms with E-state index in [2.05, 4.69) is 20.8 Å². The Bertz CT molecular complexity index is 1090. The molecule has 9 nitrogen and oxygen atoms in total. The van der Waals surface area contributed by atoms with Crippen LogP contribution in [-0.4, -0.2) is 58.0 Å². The van der Waals surface area contributed by atoms with Crippen molar-refractivity contribution in [2.45, 2.75) is 111 Å². The number of methoxy groups -OCH3 is 1. The van der Waals surface area contributed by atoms with Crippen LogP contribution in [0.5, 0.6) is 0 Å². The van der Waals surface area contributed by atoms with Gasteiger partial charge in [-0.3, -0.25) is 18.6 Å². The van der Waals surface area contributed by atoms with Gasteiger partial charge in [0.1, 0.15) is 12.2 Å². The lowest BCUT2D eigenvalue weighted by molar-refractivity contribution is -0.213. The van der Waals surface area contributed by atoms with Crippen molar-refractivity contribution in [3.8, 4) is 0 Å². The highest BCUT2D eigenvalue weighted by Gasteiger charge is 2.67. The molecule has 0 aromatic rings. The van der Waals surface area contributed by atoms with Gasteiger partial charge in [0.15, 0.2) is 0 Å². The Kier molecular flexibility index (Phi) is 9.02. The van der Waals surface area contributed by atoms with Gasteiger partial charge in [0, 0.05) is 31.6 Å². The number of hydrogen-bond donors (Lipinski definition) is 0. The van der Waals surface area contributed by atoms with Gasteiger partial charge in [-0.05, 0) is 86.4 Å². The highest BCUT2D eigenvalue weighted by molar-refractivity contribution is 7.86. The van der Waals surface area contributed by atoms with Gasteiger partial charge in [-0.1, -0.05) is 20.8 Å². The average molecular weight is 585 g/mol. The molecule has 0 amide bonds. The molecule has 0 aromatic carbocycles. The number of ether oxygens (including phenoxy) is 3. The summed E-state index contributed by atoms with van der Waals surface area (Å²) in [7, 11) is -2.35. The summed E-state index contributed by atoms with van der Waals surface area (Å²) in [6.45, 7) is 9.50. The number of fused-ring (bicyclic) bond motifs is 5. The van der Waals surface area contributed by atoms with Gasteiger partial charge in [0.2, 0.25) is 0 Å². The van der Waals surface area contributed by atoms with Gasteiger partial charge in [-0.25, -0.2) is 0 Å². The largest absolute Gasteiger partial charge is 0.469 e. The summed E-state index contributed by atoms with van der Waals surface area (Å²) in [4.78, 5) is 36.0. The second-order valence-corrected chi connectivity index (χ2v) is 15.1. The maximum Gasteiger partial charge on any atom is 0.305 e. The van der Waals surface area contributed by atoms with E-state index in [1.807, 2.05) is 0 Å². The van der Waals surface area contributed by atoms with Crippen LogP contribution in [0.2, 0.25) is 0 Å². The molecule has 4 fully saturated rings. The van der Waals surface area contributed by atoms with E-state index >= 15 is 0 Å². The molecule has 4 aliphatic carbocycles. The van der Waals surface area contributed by atoms with Crippen molar-refractivity contribution in [2.24, 2.45) is 46.3 Å². The first-order valence-corrected chi connectivity index (χ1v) is 16.7. The molecule has 0 N–H and O–H groups in total. The zero-order chi connectivity index (χ0) is 29.6. The summed E-state index contributed by atoms with van der Waals surface area (Å²) in [5.74, 6) is -0.0607. The summed E-state index contributed by atoms with van der Waals surface area (Å²) >= 11 is 0. The van der Waals surface area contributed by atoms with E-state index in [4.69, 9.17) is 18.4 Å². The molecule has 0 saturated heterocycles. The third-order valence-electron chi connectivity index (χ3n) is 11.4. The third-order valence-corrected chi connectivity index (χ3v) is 12.0. The molecule has 0 spiro atoms. The highest BCUT2D eigenvalue weighted by Crippen LogP contribution is 2.69. The first-order chi connectivity index (χ1) is 18.6. The summed E-state index contributed by atoms with van der Waals surface area (Å²) in [6, 6.07) is 0. The molecule has 4 rings (SSSR count). The summed E-state index contributed by atoms with van der Waals surface area (Å²) in [5, 5.41) is 0. The average Bonchev–Trinajstić information content (AvgIpc) is 3.20. The Morgan fingerprint density at radius 3 is 2.23 bits per heavy atom. The first kappa shape index (κ1) is 31.3. The summed E-state index contributed by atoms with van der Waals surface area (Å²) in [5.41, 5.74) is -0.580. The van der Waals surface area contributed by atoms with E-state index in [-0.39, 0.29) is 71.0 Å². The van der Waals surface area contributed by atoms with Gasteiger partial charge < -0.3 is 14.2 Å². The molecular formula is C30H48O9S. The second kappa shape index (κ2) is 11.5. The Balaban J connectivity index is 1.72. The fourth-order valence-electron chi connectivity index (χ4n) is 9.74. The molecule has 0 bridgehead atoms. The minimum absolute atomic E-state index is 0.0812. The Morgan fingerprint density at radius 2 is 1.62 bits per heavy atom. The van der Waals surface area contributed by atoms with Crippen molar-refractivity contribution in [3.05, 3.63) is 0 Å². The molecule has 0 aromatic heterocycles. The van der Waals surface area contributed by atoms with Crippen LogP contribution in [0.1, 0.15) is 92.4 Å². The number of carbonyl (C=O) groups excluding carboxylic acids is 3. The molecule has 10 heteroatoms. The van der Waals surface area contributed by atoms with Crippen molar-refractivity contribution < 1.29 is 41.2 Å². The SMILES string of the molecule is COC(=O)CC[C@@H](C)[C@H]1CC[C@H]2[C@@H]3[C@H](OC(C)=O)C[C@@H]4C[C@H](OC(C)=O)CC[C@]4(C)[C@H]3C[C@H](OS(C)(=O)=O)[C@]12C. The number of carbonyl (C=O) groups is 3. The number of hydrogen-bond acceptors (Lipinski definition) is 9. The van der Waals surface area contributed by atoms with Gasteiger partial charge >= 0.3 is 17.9 Å². The van der Waals surface area contributed by atoms with Crippen LogP contribution in [0.25, 0.3) is 0 Å². The Morgan fingerprint density at radius 1 is 0.950 bits per heavy atom. The van der Waals surface area contributed by atoms with Crippen molar-refractivity contribution in [3.63, 3.8) is 0 Å². The van der Waals surface area contributed by atoms with Crippen molar-refractivity contribution in [2.75, 3.05) is 13.4 Å². The quantitative estimate of drug-likeness (QED) is 0.228. The lowest BCUT2D eigenvalue weighted by Gasteiger charge is -2.64. The van der Waals surface area contributed by atoms with Crippen molar-refractivity contribution >= 4 is 28.0 Å². The topological polar surface area (TPSA) is 122 Å². The minimum atomic E-state index is -3.74. The molecule has 228 valence electrons. The second-order valence-electron chi connectivity index (χ2n) is 13.5. The van der Waals surface area contributed by atoms with Crippen molar-refractivity contribution in [1.29, 1.82) is 0 Å². The smallest absolute Gasteiger partial charge is 0.305 e. The zero-order valence-electron chi connectivity index (χ0n) is 25.1. The zero-order valence-corrected chi connectivity index (χ0v) is 26.0. The molecule has 4 aliphatic rings. The lowest BCUT2D eigenvalue weighted by atomic mass is 9.43. The van der Waals surface area contributed by atoms with Gasteiger partial charge in [-0.15, -0.1) is 0 Å². The van der Waals surface area contributed by atoms with E-state index in [1.165, 1.54) is 21.0 Å². The summed E-state index contributed by atoms with van der Waals surface area (Å²) in [6.07, 6.45) is 6.54.